The second-order valence-electron chi connectivity index (χ2n) is 6.89. The minimum atomic E-state index is -0.138. The van der Waals surface area contributed by atoms with E-state index in [9.17, 15) is 9.59 Å². The van der Waals surface area contributed by atoms with Crippen LogP contribution in [0.4, 0.5) is 11.4 Å². The number of ether oxygens (including phenoxy) is 2. The van der Waals surface area contributed by atoms with Gasteiger partial charge in [0.1, 0.15) is 18.2 Å². The van der Waals surface area contributed by atoms with Gasteiger partial charge in [-0.15, -0.1) is 0 Å². The summed E-state index contributed by atoms with van der Waals surface area (Å²) in [5.74, 6) is 1.40. The molecule has 0 fully saturated rings. The number of hydrogen-bond donors (Lipinski definition) is 2. The van der Waals surface area contributed by atoms with E-state index >= 15 is 0 Å². The molecule has 0 unspecified atom stereocenters. The van der Waals surface area contributed by atoms with Gasteiger partial charge >= 0.3 is 0 Å². The van der Waals surface area contributed by atoms with Crippen molar-refractivity contribution in [2.24, 2.45) is 0 Å². The monoisotopic (exact) mass is 423 g/mol. The lowest BCUT2D eigenvalue weighted by Crippen LogP contribution is -2.15. The SMILES string of the molecule is CC(=O)Nc1ccc(NC(=O)CSc2nc3cc4c(cc3cc2C)OCCO4)cc1. The Bertz CT molecular complexity index is 1120. The van der Waals surface area contributed by atoms with Gasteiger partial charge in [0.05, 0.1) is 11.3 Å². The number of benzene rings is 2. The molecule has 8 heteroatoms. The van der Waals surface area contributed by atoms with Gasteiger partial charge in [0.25, 0.3) is 0 Å². The zero-order valence-corrected chi connectivity index (χ0v) is 17.5. The van der Waals surface area contributed by atoms with Crippen molar-refractivity contribution in [2.45, 2.75) is 18.9 Å². The number of fused-ring (bicyclic) bond motifs is 2. The number of aryl methyl sites for hydroxylation is 1. The Hall–Kier alpha value is -3.26. The van der Waals surface area contributed by atoms with Crippen molar-refractivity contribution in [3.8, 4) is 11.5 Å². The highest BCUT2D eigenvalue weighted by atomic mass is 32.2. The first-order valence-corrected chi connectivity index (χ1v) is 10.5. The van der Waals surface area contributed by atoms with Crippen LogP contribution in [-0.2, 0) is 9.59 Å². The van der Waals surface area contributed by atoms with Gasteiger partial charge in [-0.3, -0.25) is 9.59 Å². The van der Waals surface area contributed by atoms with Crippen LogP contribution in [0.5, 0.6) is 11.5 Å². The number of amides is 2. The largest absolute Gasteiger partial charge is 0.486 e. The molecule has 30 heavy (non-hydrogen) atoms. The molecule has 2 heterocycles. The van der Waals surface area contributed by atoms with Gasteiger partial charge in [-0.05, 0) is 48.9 Å². The summed E-state index contributed by atoms with van der Waals surface area (Å²) in [7, 11) is 0. The first kappa shape index (κ1) is 20.0. The second-order valence-corrected chi connectivity index (χ2v) is 7.86. The molecule has 0 aliphatic carbocycles. The Morgan fingerprint density at radius 3 is 2.30 bits per heavy atom. The maximum absolute atomic E-state index is 12.3. The zero-order valence-electron chi connectivity index (χ0n) is 16.7. The molecular weight excluding hydrogens is 402 g/mol. The highest BCUT2D eigenvalue weighted by molar-refractivity contribution is 8.00. The molecule has 0 spiro atoms. The number of nitrogens with zero attached hydrogens (tertiary/aromatic N) is 1. The van der Waals surface area contributed by atoms with Crippen molar-refractivity contribution < 1.29 is 19.1 Å². The zero-order chi connectivity index (χ0) is 21.1. The summed E-state index contributed by atoms with van der Waals surface area (Å²) in [5.41, 5.74) is 3.15. The fourth-order valence-corrected chi connectivity index (χ4v) is 3.91. The molecule has 0 saturated heterocycles. The lowest BCUT2D eigenvalue weighted by atomic mass is 10.1. The molecule has 1 aliphatic heterocycles. The Kier molecular flexibility index (Phi) is 5.76. The van der Waals surface area contributed by atoms with E-state index in [1.807, 2.05) is 25.1 Å². The Morgan fingerprint density at radius 1 is 1.00 bits per heavy atom. The molecule has 1 aliphatic rings. The van der Waals surface area contributed by atoms with E-state index in [0.717, 1.165) is 27.2 Å². The molecule has 0 saturated carbocycles. The van der Waals surface area contributed by atoms with E-state index in [4.69, 9.17) is 14.5 Å². The summed E-state index contributed by atoms with van der Waals surface area (Å²) in [6, 6.07) is 12.8. The van der Waals surface area contributed by atoms with Gasteiger partial charge in [0.15, 0.2) is 11.5 Å². The van der Waals surface area contributed by atoms with Crippen LogP contribution in [-0.4, -0.2) is 35.8 Å². The van der Waals surface area contributed by atoms with Gasteiger partial charge < -0.3 is 20.1 Å². The van der Waals surface area contributed by atoms with Crippen LogP contribution in [0.1, 0.15) is 12.5 Å². The van der Waals surface area contributed by atoms with Crippen LogP contribution < -0.4 is 20.1 Å². The molecule has 2 amide bonds. The number of carbonyl (C=O) groups excluding carboxylic acids is 2. The average molecular weight is 423 g/mol. The van der Waals surface area contributed by atoms with E-state index in [-0.39, 0.29) is 17.6 Å². The van der Waals surface area contributed by atoms with E-state index in [1.54, 1.807) is 24.3 Å². The third kappa shape index (κ3) is 4.65. The molecule has 3 aromatic rings. The summed E-state index contributed by atoms with van der Waals surface area (Å²) in [5, 5.41) is 7.32. The van der Waals surface area contributed by atoms with Crippen molar-refractivity contribution in [3.63, 3.8) is 0 Å². The Labute approximate surface area is 178 Å². The third-order valence-electron chi connectivity index (χ3n) is 4.45. The van der Waals surface area contributed by atoms with Gasteiger partial charge in [-0.1, -0.05) is 11.8 Å². The molecule has 0 atom stereocenters. The molecule has 154 valence electrons. The number of aromatic nitrogens is 1. The lowest BCUT2D eigenvalue weighted by molar-refractivity contribution is -0.114. The van der Waals surface area contributed by atoms with Crippen molar-refractivity contribution in [1.82, 2.24) is 4.98 Å². The molecule has 1 aromatic heterocycles. The first-order valence-electron chi connectivity index (χ1n) is 9.49. The fraction of sp³-hybridized carbons (Fsp3) is 0.227. The number of carbonyl (C=O) groups is 2. The normalized spacial score (nSPS) is 12.5. The molecule has 4 rings (SSSR count). The highest BCUT2D eigenvalue weighted by Gasteiger charge is 2.15. The van der Waals surface area contributed by atoms with Gasteiger partial charge in [-0.25, -0.2) is 4.98 Å². The smallest absolute Gasteiger partial charge is 0.234 e. The summed E-state index contributed by atoms with van der Waals surface area (Å²) >= 11 is 1.39. The molecular formula is C22H21N3O4S. The minimum Gasteiger partial charge on any atom is -0.486 e. The van der Waals surface area contributed by atoms with Crippen LogP contribution in [0, 0.1) is 6.92 Å². The molecule has 7 nitrogen and oxygen atoms in total. The number of rotatable bonds is 5. The van der Waals surface area contributed by atoms with Gasteiger partial charge in [-0.2, -0.15) is 0 Å². The Morgan fingerprint density at radius 2 is 1.63 bits per heavy atom. The third-order valence-corrected chi connectivity index (χ3v) is 5.55. The fourth-order valence-electron chi connectivity index (χ4n) is 3.12. The van der Waals surface area contributed by atoms with E-state index in [1.165, 1.54) is 18.7 Å². The van der Waals surface area contributed by atoms with E-state index < -0.39 is 0 Å². The second kappa shape index (κ2) is 8.62. The van der Waals surface area contributed by atoms with Crippen LogP contribution in [0.15, 0.2) is 47.5 Å². The minimum absolute atomic E-state index is 0.129. The first-order chi connectivity index (χ1) is 14.5. The molecule has 2 aromatic carbocycles. The molecule has 2 N–H and O–H groups in total. The van der Waals surface area contributed by atoms with Crippen LogP contribution in [0.2, 0.25) is 0 Å². The maximum atomic E-state index is 12.3. The van der Waals surface area contributed by atoms with E-state index in [2.05, 4.69) is 10.6 Å². The van der Waals surface area contributed by atoms with Crippen molar-refractivity contribution >= 4 is 45.9 Å². The number of hydrogen-bond acceptors (Lipinski definition) is 6. The summed E-state index contributed by atoms with van der Waals surface area (Å²) in [6.07, 6.45) is 0. The molecule has 0 radical (unpaired) electrons. The lowest BCUT2D eigenvalue weighted by Gasteiger charge is -2.19. The van der Waals surface area contributed by atoms with Crippen LogP contribution in [0.3, 0.4) is 0 Å². The number of pyridine rings is 1. The van der Waals surface area contributed by atoms with Crippen molar-refractivity contribution in [1.29, 1.82) is 0 Å². The van der Waals surface area contributed by atoms with E-state index in [0.29, 0.717) is 30.3 Å². The summed E-state index contributed by atoms with van der Waals surface area (Å²) in [4.78, 5) is 28.1. The quantitative estimate of drug-likeness (QED) is 0.603. The number of anilines is 2. The number of nitrogens with one attached hydrogen (secondary N) is 2. The standard InChI is InChI=1S/C22H21N3O4S/c1-13-9-15-10-19-20(29-8-7-28-19)11-18(15)25-22(13)30-12-21(27)24-17-5-3-16(4-6-17)23-14(2)26/h3-6,9-11H,7-8,12H2,1-2H3,(H,23,26)(H,24,27). The number of thioether (sulfide) groups is 1. The van der Waals surface area contributed by atoms with Gasteiger partial charge in [0.2, 0.25) is 11.8 Å². The van der Waals surface area contributed by atoms with Crippen LogP contribution >= 0.6 is 11.8 Å². The average Bonchev–Trinajstić information content (AvgIpc) is 2.72. The predicted octanol–water partition coefficient (Wildman–Crippen LogP) is 4.00. The summed E-state index contributed by atoms with van der Waals surface area (Å²) < 4.78 is 11.3. The topological polar surface area (TPSA) is 89.6 Å². The van der Waals surface area contributed by atoms with Crippen molar-refractivity contribution in [3.05, 3.63) is 48.0 Å². The maximum Gasteiger partial charge on any atom is 0.234 e. The van der Waals surface area contributed by atoms with Gasteiger partial charge in [0, 0.05) is 29.8 Å². The predicted molar refractivity (Wildman–Crippen MR) is 118 cm³/mol. The molecule has 0 bridgehead atoms. The summed E-state index contributed by atoms with van der Waals surface area (Å²) in [6.45, 7) is 4.50. The highest BCUT2D eigenvalue weighted by Crippen LogP contribution is 2.35. The van der Waals surface area contributed by atoms with Crippen LogP contribution in [0.25, 0.3) is 10.9 Å². The van der Waals surface area contributed by atoms with Crippen molar-refractivity contribution in [2.75, 3.05) is 29.6 Å². The Balaban J connectivity index is 1.41.